The van der Waals surface area contributed by atoms with Crippen LogP contribution in [0.5, 0.6) is 6.01 Å². The Labute approximate surface area is 213 Å². The molecule has 0 amide bonds. The van der Waals surface area contributed by atoms with Gasteiger partial charge in [-0.05, 0) is 61.5 Å². The van der Waals surface area contributed by atoms with Crippen molar-refractivity contribution in [1.29, 1.82) is 0 Å². The van der Waals surface area contributed by atoms with E-state index in [0.29, 0.717) is 25.1 Å². The molecule has 0 radical (unpaired) electrons. The summed E-state index contributed by atoms with van der Waals surface area (Å²) in [6.07, 6.45) is 8.67. The molecule has 1 unspecified atom stereocenters. The summed E-state index contributed by atoms with van der Waals surface area (Å²) in [6, 6.07) is 0.383. The van der Waals surface area contributed by atoms with Crippen LogP contribution in [0.15, 0.2) is 48.3 Å². The molecule has 194 valence electrons. The Hall–Kier alpha value is -2.22. The van der Waals surface area contributed by atoms with Crippen molar-refractivity contribution in [3.8, 4) is 6.01 Å². The third-order valence-electron chi connectivity index (χ3n) is 9.90. The van der Waals surface area contributed by atoms with Gasteiger partial charge >= 0.3 is 0 Å². The van der Waals surface area contributed by atoms with Gasteiger partial charge in [0.2, 0.25) is 0 Å². The van der Waals surface area contributed by atoms with E-state index < -0.39 is 29.0 Å². The molecule has 1 N–H and O–H groups in total. The molecule has 0 aromatic carbocycles. The second kappa shape index (κ2) is 7.42. The van der Waals surface area contributed by atoms with E-state index >= 15 is 0 Å². The average Bonchev–Trinajstić information content (AvgIpc) is 3.06. The molecule has 2 bridgehead atoms. The molecule has 8 atom stereocenters. The zero-order valence-electron chi connectivity index (χ0n) is 22.2. The lowest BCUT2D eigenvalue weighted by Gasteiger charge is -2.52. The predicted molar refractivity (Wildman–Crippen MR) is 134 cm³/mol. The summed E-state index contributed by atoms with van der Waals surface area (Å²) in [5, 5.41) is 13.1. The standard InChI is InChI=1S/C29H38N2O5/c1-8-10-31-11-9-30-25(31)35-23-16(2)14-28-17(3)12-20-21(26(20,4)5)19(22(28)32)13-18-15-34-27(6,7)36-24(18)29(23,28)33/h8-9,11,13-14,17,19-21,23-24,33H,1,10,12,15H2,2-7H3/t17-,19+,20-,21+,23+,24-,28?,29-/m1/s1. The second-order valence-corrected chi connectivity index (χ2v) is 12.6. The minimum absolute atomic E-state index is 0.0822. The van der Waals surface area contributed by atoms with Crippen molar-refractivity contribution in [2.45, 2.75) is 78.1 Å². The number of aromatic nitrogens is 2. The van der Waals surface area contributed by atoms with Crippen LogP contribution in [-0.4, -0.2) is 50.6 Å². The lowest BCUT2D eigenvalue weighted by molar-refractivity contribution is -0.301. The van der Waals surface area contributed by atoms with Crippen LogP contribution in [-0.2, 0) is 20.8 Å². The first-order chi connectivity index (χ1) is 16.9. The number of carbonyl (C=O) groups excluding carboxylic acids is 1. The molecule has 4 aliphatic carbocycles. The highest BCUT2D eigenvalue weighted by atomic mass is 16.7. The highest BCUT2D eigenvalue weighted by molar-refractivity contribution is 5.95. The molecule has 1 aromatic rings. The summed E-state index contributed by atoms with van der Waals surface area (Å²) in [7, 11) is 0. The maximum absolute atomic E-state index is 14.7. The summed E-state index contributed by atoms with van der Waals surface area (Å²) in [5.41, 5.74) is -1.04. The lowest BCUT2D eigenvalue weighted by atomic mass is 9.59. The minimum atomic E-state index is -1.65. The average molecular weight is 495 g/mol. The van der Waals surface area contributed by atoms with Crippen molar-refractivity contribution < 1.29 is 24.1 Å². The van der Waals surface area contributed by atoms with Gasteiger partial charge in [-0.2, -0.15) is 0 Å². The van der Waals surface area contributed by atoms with Crippen LogP contribution < -0.4 is 4.74 Å². The second-order valence-electron chi connectivity index (χ2n) is 12.6. The van der Waals surface area contributed by atoms with Gasteiger partial charge in [0.25, 0.3) is 6.01 Å². The van der Waals surface area contributed by atoms with E-state index in [1.54, 1.807) is 12.3 Å². The van der Waals surface area contributed by atoms with E-state index in [1.807, 2.05) is 37.6 Å². The molecular weight excluding hydrogens is 456 g/mol. The molecule has 36 heavy (non-hydrogen) atoms. The normalized spacial score (nSPS) is 43.7. The van der Waals surface area contributed by atoms with Crippen LogP contribution >= 0.6 is 0 Å². The van der Waals surface area contributed by atoms with Crippen LogP contribution in [0.2, 0.25) is 0 Å². The molecule has 7 heteroatoms. The Morgan fingerprint density at radius 1 is 1.33 bits per heavy atom. The number of Topliss-reactive ketones (excluding diaryl/α,β-unsaturated/α-hetero) is 1. The number of ketones is 1. The zero-order chi connectivity index (χ0) is 25.8. The third-order valence-corrected chi connectivity index (χ3v) is 9.90. The minimum Gasteiger partial charge on any atom is -0.454 e. The fourth-order valence-electron chi connectivity index (χ4n) is 8.10. The molecule has 2 saturated carbocycles. The Bertz CT molecular complexity index is 1190. The van der Waals surface area contributed by atoms with Crippen LogP contribution in [0.3, 0.4) is 0 Å². The summed E-state index contributed by atoms with van der Waals surface area (Å²) >= 11 is 0. The van der Waals surface area contributed by atoms with E-state index in [9.17, 15) is 9.90 Å². The molecule has 7 nitrogen and oxygen atoms in total. The van der Waals surface area contributed by atoms with Crippen LogP contribution in [0.25, 0.3) is 0 Å². The van der Waals surface area contributed by atoms with Crippen molar-refractivity contribution in [2.75, 3.05) is 6.61 Å². The molecule has 1 spiro atoms. The topological polar surface area (TPSA) is 82.8 Å². The fraction of sp³-hybridized carbons (Fsp3) is 0.655. The number of carbonyl (C=O) groups is 1. The van der Waals surface area contributed by atoms with Crippen molar-refractivity contribution in [3.05, 3.63) is 48.3 Å². The summed E-state index contributed by atoms with van der Waals surface area (Å²) in [5.74, 6) is -0.533. The molecule has 6 rings (SSSR count). The maximum Gasteiger partial charge on any atom is 0.297 e. The maximum atomic E-state index is 14.7. The summed E-state index contributed by atoms with van der Waals surface area (Å²) in [6.45, 7) is 17.0. The highest BCUT2D eigenvalue weighted by Gasteiger charge is 2.77. The van der Waals surface area contributed by atoms with E-state index in [2.05, 4.69) is 38.4 Å². The van der Waals surface area contributed by atoms with Gasteiger partial charge in [0.05, 0.1) is 12.0 Å². The molecule has 3 fully saturated rings. The van der Waals surface area contributed by atoms with Crippen LogP contribution in [0.4, 0.5) is 0 Å². The lowest BCUT2D eigenvalue weighted by Crippen LogP contribution is -2.68. The van der Waals surface area contributed by atoms with E-state index in [4.69, 9.17) is 14.2 Å². The van der Waals surface area contributed by atoms with Crippen LogP contribution in [0, 0.1) is 34.5 Å². The predicted octanol–water partition coefficient (Wildman–Crippen LogP) is 4.08. The van der Waals surface area contributed by atoms with Crippen molar-refractivity contribution in [1.82, 2.24) is 9.55 Å². The van der Waals surface area contributed by atoms with Crippen molar-refractivity contribution in [3.63, 3.8) is 0 Å². The largest absolute Gasteiger partial charge is 0.454 e. The highest BCUT2D eigenvalue weighted by Crippen LogP contribution is 2.72. The van der Waals surface area contributed by atoms with Gasteiger partial charge in [-0.3, -0.25) is 9.36 Å². The zero-order valence-corrected chi connectivity index (χ0v) is 22.2. The number of ether oxygens (including phenoxy) is 3. The van der Waals surface area contributed by atoms with Crippen LogP contribution in [0.1, 0.15) is 48.0 Å². The number of aliphatic hydroxyl groups is 1. The first-order valence-electron chi connectivity index (χ1n) is 13.2. The van der Waals surface area contributed by atoms with Gasteiger partial charge in [-0.25, -0.2) is 4.98 Å². The molecule has 1 aliphatic heterocycles. The van der Waals surface area contributed by atoms with Gasteiger partial charge in [-0.1, -0.05) is 39.0 Å². The SMILES string of the molecule is C=CCn1ccnc1O[C@H]1C(C)=CC23C(=O)[C@@H](C=C4COC(C)(C)O[C@H]4[C@]12O)[C@H]1[C@@H](C[C@H]3C)C1(C)C. The molecule has 2 heterocycles. The Morgan fingerprint density at radius 2 is 2.08 bits per heavy atom. The quantitative estimate of drug-likeness (QED) is 0.635. The number of allylic oxidation sites excluding steroid dienone is 2. The van der Waals surface area contributed by atoms with Gasteiger partial charge < -0.3 is 19.3 Å². The van der Waals surface area contributed by atoms with Crippen molar-refractivity contribution >= 4 is 5.78 Å². The number of nitrogens with zero attached hydrogens (tertiary/aromatic N) is 2. The van der Waals surface area contributed by atoms with Gasteiger partial charge in [0.15, 0.2) is 23.3 Å². The Morgan fingerprint density at radius 3 is 2.81 bits per heavy atom. The monoisotopic (exact) mass is 494 g/mol. The number of hydrogen-bond donors (Lipinski definition) is 1. The number of fused-ring (bicyclic) bond motifs is 5. The van der Waals surface area contributed by atoms with E-state index in [-0.39, 0.29) is 29.0 Å². The summed E-state index contributed by atoms with van der Waals surface area (Å²) < 4.78 is 21.0. The Kier molecular flexibility index (Phi) is 4.98. The number of imidazole rings is 1. The summed E-state index contributed by atoms with van der Waals surface area (Å²) in [4.78, 5) is 19.1. The smallest absolute Gasteiger partial charge is 0.297 e. The third kappa shape index (κ3) is 2.91. The van der Waals surface area contributed by atoms with Crippen molar-refractivity contribution in [2.24, 2.45) is 34.5 Å². The molecule has 1 saturated heterocycles. The molecule has 5 aliphatic rings. The van der Waals surface area contributed by atoms with Gasteiger partial charge in [0, 0.05) is 24.9 Å². The molecular formula is C29H38N2O5. The molecule has 1 aromatic heterocycles. The number of hydrogen-bond acceptors (Lipinski definition) is 6. The first-order valence-corrected chi connectivity index (χ1v) is 13.2. The Balaban J connectivity index is 1.54. The fourth-order valence-corrected chi connectivity index (χ4v) is 8.10. The van der Waals surface area contributed by atoms with E-state index in [0.717, 1.165) is 17.6 Å². The first kappa shape index (κ1) is 24.1. The van der Waals surface area contributed by atoms with Gasteiger partial charge in [0.1, 0.15) is 6.10 Å². The number of rotatable bonds is 4. The van der Waals surface area contributed by atoms with Gasteiger partial charge in [-0.15, -0.1) is 6.58 Å². The van der Waals surface area contributed by atoms with E-state index in [1.165, 1.54) is 0 Å².